The molecule has 0 aromatic carbocycles. The van der Waals surface area contributed by atoms with Crippen molar-refractivity contribution in [2.45, 2.75) is 65.0 Å². The Morgan fingerprint density at radius 2 is 1.88 bits per heavy atom. The molecule has 4 rings (SSSR count). The highest BCUT2D eigenvalue weighted by atomic mass is 16.5. The van der Waals surface area contributed by atoms with Crippen LogP contribution >= 0.6 is 0 Å². The van der Waals surface area contributed by atoms with E-state index in [2.05, 4.69) is 33.9 Å². The van der Waals surface area contributed by atoms with E-state index in [-0.39, 0.29) is 18.7 Å². The second-order valence-corrected chi connectivity index (χ2v) is 8.35. The molecule has 0 fully saturated rings. The molecular formula is C24H28N6O4. The van der Waals surface area contributed by atoms with E-state index in [1.54, 1.807) is 12.3 Å². The fourth-order valence-electron chi connectivity index (χ4n) is 4.08. The maximum absolute atomic E-state index is 13.2. The molecule has 4 heterocycles. The minimum Gasteiger partial charge on any atom is -0.332 e. The molecule has 178 valence electrons. The molecular weight excluding hydrogens is 436 g/mol. The summed E-state index contributed by atoms with van der Waals surface area (Å²) in [5.41, 5.74) is 0.711. The summed E-state index contributed by atoms with van der Waals surface area (Å²) in [5.74, 6) is 0.461. The minimum absolute atomic E-state index is 0.170. The summed E-state index contributed by atoms with van der Waals surface area (Å²) in [6.07, 6.45) is 6.33. The topological polar surface area (TPSA) is 125 Å². The van der Waals surface area contributed by atoms with Gasteiger partial charge in [-0.1, -0.05) is 37.6 Å². The molecule has 1 amide bonds. The fourth-order valence-corrected chi connectivity index (χ4v) is 4.08. The lowest BCUT2D eigenvalue weighted by Crippen LogP contribution is -2.48. The smallest absolute Gasteiger partial charge is 0.331 e. The number of aryl methyl sites for hydroxylation is 1. The summed E-state index contributed by atoms with van der Waals surface area (Å²) < 4.78 is 7.96. The predicted molar refractivity (Wildman–Crippen MR) is 125 cm³/mol. The number of nitrogens with one attached hydrogen (secondary N) is 1. The maximum atomic E-state index is 13.2. The largest absolute Gasteiger partial charge is 0.332 e. The molecule has 1 N–H and O–H groups in total. The van der Waals surface area contributed by atoms with E-state index >= 15 is 0 Å². The second kappa shape index (κ2) is 10.4. The molecule has 1 aliphatic heterocycles. The quantitative estimate of drug-likeness (QED) is 0.457. The van der Waals surface area contributed by atoms with Crippen molar-refractivity contribution in [2.75, 3.05) is 0 Å². The zero-order chi connectivity index (χ0) is 24.1. The molecule has 1 aliphatic rings. The van der Waals surface area contributed by atoms with Gasteiger partial charge in [-0.15, -0.1) is 0 Å². The Balaban J connectivity index is 1.49. The van der Waals surface area contributed by atoms with Crippen LogP contribution in [-0.2, 0) is 25.9 Å². The molecule has 0 atom stereocenters. The highest BCUT2D eigenvalue weighted by Gasteiger charge is 2.28. The first-order chi connectivity index (χ1) is 16.5. The van der Waals surface area contributed by atoms with Crippen molar-refractivity contribution in [3.05, 3.63) is 74.6 Å². The summed E-state index contributed by atoms with van der Waals surface area (Å²) in [7, 11) is 0. The number of rotatable bonds is 10. The van der Waals surface area contributed by atoms with Gasteiger partial charge in [-0.25, -0.2) is 4.79 Å². The van der Waals surface area contributed by atoms with Crippen molar-refractivity contribution < 1.29 is 9.32 Å². The van der Waals surface area contributed by atoms with Gasteiger partial charge in [0.2, 0.25) is 0 Å². The lowest BCUT2D eigenvalue weighted by Gasteiger charge is -2.23. The SMILES string of the molecule is C=C1Cc2c(n(CCCCC)c(=O)n(CCCCc3noc(-c4ccccn4)n3)c2=O)C(=O)N1. The van der Waals surface area contributed by atoms with Crippen LogP contribution in [-0.4, -0.2) is 30.2 Å². The molecule has 3 aromatic rings. The van der Waals surface area contributed by atoms with E-state index in [9.17, 15) is 14.4 Å². The molecule has 34 heavy (non-hydrogen) atoms. The first kappa shape index (κ1) is 23.3. The highest BCUT2D eigenvalue weighted by Crippen LogP contribution is 2.16. The van der Waals surface area contributed by atoms with Crippen LogP contribution in [0.15, 0.2) is 50.8 Å². The van der Waals surface area contributed by atoms with Gasteiger partial charge in [0.1, 0.15) is 11.4 Å². The van der Waals surface area contributed by atoms with Gasteiger partial charge in [0.15, 0.2) is 5.82 Å². The summed E-state index contributed by atoms with van der Waals surface area (Å²) >= 11 is 0. The van der Waals surface area contributed by atoms with Crippen LogP contribution in [0, 0.1) is 0 Å². The Hall–Kier alpha value is -3.82. The maximum Gasteiger partial charge on any atom is 0.331 e. The number of carbonyl (C=O) groups is 1. The van der Waals surface area contributed by atoms with Gasteiger partial charge in [0.25, 0.3) is 17.4 Å². The minimum atomic E-state index is -0.445. The molecule has 0 spiro atoms. The first-order valence-corrected chi connectivity index (χ1v) is 11.6. The van der Waals surface area contributed by atoms with E-state index in [0.717, 1.165) is 19.3 Å². The lowest BCUT2D eigenvalue weighted by molar-refractivity contribution is 0.0945. The van der Waals surface area contributed by atoms with Crippen molar-refractivity contribution in [3.8, 4) is 11.6 Å². The van der Waals surface area contributed by atoms with Crippen LogP contribution in [0.25, 0.3) is 11.6 Å². The molecule has 0 saturated heterocycles. The molecule has 10 heteroatoms. The number of hydrogen-bond acceptors (Lipinski definition) is 7. The standard InChI is InChI=1S/C24H28N6O4/c1-3-4-8-13-29-20-17(15-16(2)26-21(20)31)23(32)30(24(29)33)14-9-6-11-19-27-22(34-28-19)18-10-5-7-12-25-18/h5,7,10,12H,2-4,6,8-9,11,13-15H2,1H3,(H,26,31). The van der Waals surface area contributed by atoms with Gasteiger partial charge in [0, 0.05) is 37.8 Å². The van der Waals surface area contributed by atoms with Crippen molar-refractivity contribution in [2.24, 2.45) is 0 Å². The number of hydrogen-bond donors (Lipinski definition) is 1. The van der Waals surface area contributed by atoms with Gasteiger partial charge >= 0.3 is 5.69 Å². The number of fused-ring (bicyclic) bond motifs is 1. The highest BCUT2D eigenvalue weighted by molar-refractivity contribution is 5.96. The molecule has 3 aromatic heterocycles. The third kappa shape index (κ3) is 4.90. The van der Waals surface area contributed by atoms with Gasteiger partial charge in [0.05, 0.1) is 5.56 Å². The van der Waals surface area contributed by atoms with E-state index < -0.39 is 17.2 Å². The Labute approximate surface area is 196 Å². The number of amides is 1. The Morgan fingerprint density at radius 3 is 2.65 bits per heavy atom. The molecule has 10 nitrogen and oxygen atoms in total. The fraction of sp³-hybridized carbons (Fsp3) is 0.417. The number of carbonyl (C=O) groups excluding carboxylic acids is 1. The number of aromatic nitrogens is 5. The van der Waals surface area contributed by atoms with E-state index in [4.69, 9.17) is 4.52 Å². The second-order valence-electron chi connectivity index (χ2n) is 8.35. The van der Waals surface area contributed by atoms with Gasteiger partial charge in [-0.3, -0.25) is 23.7 Å². The average molecular weight is 465 g/mol. The summed E-state index contributed by atoms with van der Waals surface area (Å²) in [5, 5.41) is 6.64. The third-order valence-electron chi connectivity index (χ3n) is 5.79. The third-order valence-corrected chi connectivity index (χ3v) is 5.79. The van der Waals surface area contributed by atoms with Gasteiger partial charge < -0.3 is 9.84 Å². The van der Waals surface area contributed by atoms with Crippen LogP contribution in [0.2, 0.25) is 0 Å². The van der Waals surface area contributed by atoms with Crippen molar-refractivity contribution in [3.63, 3.8) is 0 Å². The van der Waals surface area contributed by atoms with Gasteiger partial charge in [-0.2, -0.15) is 4.98 Å². The van der Waals surface area contributed by atoms with Crippen molar-refractivity contribution in [1.29, 1.82) is 0 Å². The van der Waals surface area contributed by atoms with Crippen LogP contribution in [0.4, 0.5) is 0 Å². The zero-order valence-electron chi connectivity index (χ0n) is 19.2. The van der Waals surface area contributed by atoms with E-state index in [1.165, 1.54) is 9.13 Å². The number of pyridine rings is 1. The van der Waals surface area contributed by atoms with E-state index in [0.29, 0.717) is 54.5 Å². The molecule has 0 unspecified atom stereocenters. The summed E-state index contributed by atoms with van der Waals surface area (Å²) in [6, 6.07) is 5.44. The Kier molecular flexibility index (Phi) is 7.15. The summed E-state index contributed by atoms with van der Waals surface area (Å²) in [4.78, 5) is 47.4. The van der Waals surface area contributed by atoms with Crippen LogP contribution in [0.3, 0.4) is 0 Å². The normalized spacial score (nSPS) is 13.1. The average Bonchev–Trinajstić information content (AvgIpc) is 3.30. The number of unbranched alkanes of at least 4 members (excludes halogenated alkanes) is 3. The van der Waals surface area contributed by atoms with Crippen LogP contribution < -0.4 is 16.6 Å². The zero-order valence-corrected chi connectivity index (χ0v) is 19.2. The van der Waals surface area contributed by atoms with Gasteiger partial charge in [-0.05, 0) is 31.4 Å². The van der Waals surface area contributed by atoms with Crippen LogP contribution in [0.1, 0.15) is 60.9 Å². The molecule has 0 radical (unpaired) electrons. The monoisotopic (exact) mass is 464 g/mol. The molecule has 0 saturated carbocycles. The number of nitrogens with zero attached hydrogens (tertiary/aromatic N) is 5. The molecule has 0 bridgehead atoms. The predicted octanol–water partition coefficient (Wildman–Crippen LogP) is 2.47. The summed E-state index contributed by atoms with van der Waals surface area (Å²) in [6.45, 7) is 6.51. The Bertz CT molecular complexity index is 1310. The van der Waals surface area contributed by atoms with E-state index in [1.807, 2.05) is 12.1 Å². The van der Waals surface area contributed by atoms with Crippen molar-refractivity contribution >= 4 is 5.91 Å². The lowest BCUT2D eigenvalue weighted by atomic mass is 10.0. The van der Waals surface area contributed by atoms with Crippen LogP contribution in [0.5, 0.6) is 0 Å². The number of allylic oxidation sites excluding steroid dienone is 1. The van der Waals surface area contributed by atoms with Crippen molar-refractivity contribution in [1.82, 2.24) is 29.6 Å². The Morgan fingerprint density at radius 1 is 1.09 bits per heavy atom. The first-order valence-electron chi connectivity index (χ1n) is 11.6. The molecule has 0 aliphatic carbocycles.